The molecule has 4 nitrogen and oxygen atoms in total. The zero-order chi connectivity index (χ0) is 14.5. The molecule has 4 heteroatoms. The topological polar surface area (TPSA) is 44.1 Å². The number of aryl methyl sites for hydroxylation is 1. The van der Waals surface area contributed by atoms with Crippen molar-refractivity contribution in [2.24, 2.45) is 0 Å². The van der Waals surface area contributed by atoms with Gasteiger partial charge in [0.2, 0.25) is 0 Å². The van der Waals surface area contributed by atoms with E-state index in [1.54, 1.807) is 0 Å². The number of rotatable bonds is 5. The summed E-state index contributed by atoms with van der Waals surface area (Å²) in [4.78, 5) is 11.6. The largest absolute Gasteiger partial charge is 0.469 e. The summed E-state index contributed by atoms with van der Waals surface area (Å²) in [5.41, 5.74) is 3.41. The molecule has 2 rings (SSSR count). The second-order valence-corrected chi connectivity index (χ2v) is 5.57. The van der Waals surface area contributed by atoms with Crippen LogP contribution in [-0.2, 0) is 28.8 Å². The fraction of sp³-hybridized carbons (Fsp3) is 0.750. The van der Waals surface area contributed by atoms with Crippen molar-refractivity contribution in [2.45, 2.75) is 71.3 Å². The number of esters is 1. The Morgan fingerprint density at radius 1 is 1.25 bits per heavy atom. The summed E-state index contributed by atoms with van der Waals surface area (Å²) < 4.78 is 7.05. The third-order valence-electron chi connectivity index (χ3n) is 4.34. The first-order chi connectivity index (χ1) is 9.71. The van der Waals surface area contributed by atoms with E-state index < -0.39 is 0 Å². The first-order valence-corrected chi connectivity index (χ1v) is 7.87. The number of ether oxygens (including phenoxy) is 1. The Morgan fingerprint density at radius 2 is 1.95 bits per heavy atom. The molecule has 0 radical (unpaired) electrons. The number of nitrogens with zero attached hydrogens (tertiary/aromatic N) is 2. The van der Waals surface area contributed by atoms with Crippen molar-refractivity contribution in [3.8, 4) is 0 Å². The summed E-state index contributed by atoms with van der Waals surface area (Å²) in [7, 11) is 1.45. The molecule has 0 atom stereocenters. The van der Waals surface area contributed by atoms with E-state index in [-0.39, 0.29) is 5.97 Å². The van der Waals surface area contributed by atoms with E-state index in [1.165, 1.54) is 44.9 Å². The molecule has 1 aromatic heterocycles. The highest BCUT2D eigenvalue weighted by molar-refractivity contribution is 5.73. The Kier molecular flexibility index (Phi) is 5.21. The Bertz CT molecular complexity index is 459. The molecule has 0 saturated heterocycles. The van der Waals surface area contributed by atoms with Crippen LogP contribution in [0.15, 0.2) is 0 Å². The van der Waals surface area contributed by atoms with Crippen molar-refractivity contribution in [3.05, 3.63) is 17.0 Å². The van der Waals surface area contributed by atoms with Gasteiger partial charge in [-0.05, 0) is 25.7 Å². The summed E-state index contributed by atoms with van der Waals surface area (Å²) in [6.07, 6.45) is 8.52. The molecule has 1 aromatic rings. The molecule has 0 aliphatic heterocycles. The molecule has 0 aromatic carbocycles. The Labute approximate surface area is 121 Å². The van der Waals surface area contributed by atoms with Gasteiger partial charge in [0, 0.05) is 11.3 Å². The number of hydrogen-bond acceptors (Lipinski definition) is 3. The molecule has 0 bridgehead atoms. The molecule has 1 aliphatic carbocycles. The highest BCUT2D eigenvalue weighted by Gasteiger charge is 2.24. The average molecular weight is 278 g/mol. The van der Waals surface area contributed by atoms with Crippen LogP contribution in [0.25, 0.3) is 0 Å². The maximum absolute atomic E-state index is 11.6. The van der Waals surface area contributed by atoms with Crippen molar-refractivity contribution in [3.63, 3.8) is 0 Å². The highest BCUT2D eigenvalue weighted by atomic mass is 16.5. The average Bonchev–Trinajstić information content (AvgIpc) is 2.85. The number of methoxy groups -OCH3 is 1. The number of carbonyl (C=O) groups excluding carboxylic acids is 1. The fourth-order valence-corrected chi connectivity index (χ4v) is 3.26. The fourth-order valence-electron chi connectivity index (χ4n) is 3.26. The minimum Gasteiger partial charge on any atom is -0.469 e. The molecular formula is C16H26N2O2. The van der Waals surface area contributed by atoms with Gasteiger partial charge in [0.25, 0.3) is 0 Å². The van der Waals surface area contributed by atoms with E-state index in [4.69, 9.17) is 9.84 Å². The molecule has 1 heterocycles. The monoisotopic (exact) mass is 278 g/mol. The maximum atomic E-state index is 11.6. The summed E-state index contributed by atoms with van der Waals surface area (Å²) in [6, 6.07) is 0.524. The molecule has 1 aliphatic rings. The van der Waals surface area contributed by atoms with Crippen LogP contribution in [0.1, 0.15) is 68.9 Å². The number of carbonyl (C=O) groups is 1. The summed E-state index contributed by atoms with van der Waals surface area (Å²) in [5, 5.41) is 4.82. The number of aromatic nitrogens is 2. The molecule has 1 fully saturated rings. The van der Waals surface area contributed by atoms with E-state index in [9.17, 15) is 4.79 Å². The predicted molar refractivity (Wildman–Crippen MR) is 78.8 cm³/mol. The molecule has 0 unspecified atom stereocenters. The molecule has 112 valence electrons. The van der Waals surface area contributed by atoms with Gasteiger partial charge >= 0.3 is 5.97 Å². The molecule has 1 saturated carbocycles. The van der Waals surface area contributed by atoms with Crippen LogP contribution in [0, 0.1) is 0 Å². The van der Waals surface area contributed by atoms with Crippen molar-refractivity contribution >= 4 is 5.97 Å². The molecule has 0 amide bonds. The SMILES string of the molecule is CCc1nn(C2CCCCC2)c(CC)c1CC(=O)OC. The van der Waals surface area contributed by atoms with E-state index >= 15 is 0 Å². The summed E-state index contributed by atoms with van der Waals surface area (Å²) >= 11 is 0. The normalized spacial score (nSPS) is 16.4. The van der Waals surface area contributed by atoms with Crippen molar-refractivity contribution in [1.29, 1.82) is 0 Å². The van der Waals surface area contributed by atoms with Gasteiger partial charge in [0.1, 0.15) is 0 Å². The smallest absolute Gasteiger partial charge is 0.310 e. The molecule has 20 heavy (non-hydrogen) atoms. The molecule has 0 spiro atoms. The predicted octanol–water partition coefficient (Wildman–Crippen LogP) is 3.23. The van der Waals surface area contributed by atoms with Crippen molar-refractivity contribution < 1.29 is 9.53 Å². The van der Waals surface area contributed by atoms with Gasteiger partial charge in [-0.2, -0.15) is 5.10 Å². The Balaban J connectivity index is 2.34. The minimum atomic E-state index is -0.169. The summed E-state index contributed by atoms with van der Waals surface area (Å²) in [5.74, 6) is -0.169. The lowest BCUT2D eigenvalue weighted by molar-refractivity contribution is -0.139. The highest BCUT2D eigenvalue weighted by Crippen LogP contribution is 2.31. The van der Waals surface area contributed by atoms with Crippen molar-refractivity contribution in [2.75, 3.05) is 7.11 Å². The third kappa shape index (κ3) is 3.05. The van der Waals surface area contributed by atoms with Gasteiger partial charge < -0.3 is 4.74 Å². The Hall–Kier alpha value is -1.32. The van der Waals surface area contributed by atoms with Crippen LogP contribution in [0.4, 0.5) is 0 Å². The van der Waals surface area contributed by atoms with Crippen LogP contribution in [-0.4, -0.2) is 22.9 Å². The number of hydrogen-bond donors (Lipinski definition) is 0. The van der Waals surface area contributed by atoms with E-state index in [0.29, 0.717) is 12.5 Å². The van der Waals surface area contributed by atoms with Gasteiger partial charge in [-0.15, -0.1) is 0 Å². The van der Waals surface area contributed by atoms with Gasteiger partial charge in [0.05, 0.1) is 25.3 Å². The lowest BCUT2D eigenvalue weighted by Gasteiger charge is -2.24. The van der Waals surface area contributed by atoms with Gasteiger partial charge in [-0.25, -0.2) is 0 Å². The van der Waals surface area contributed by atoms with Crippen LogP contribution in [0.3, 0.4) is 0 Å². The van der Waals surface area contributed by atoms with Crippen LogP contribution in [0.5, 0.6) is 0 Å². The zero-order valence-corrected chi connectivity index (χ0v) is 12.9. The summed E-state index contributed by atoms with van der Waals surface area (Å²) in [6.45, 7) is 4.25. The minimum absolute atomic E-state index is 0.169. The molecular weight excluding hydrogens is 252 g/mol. The third-order valence-corrected chi connectivity index (χ3v) is 4.34. The maximum Gasteiger partial charge on any atom is 0.310 e. The standard InChI is InChI=1S/C16H26N2O2/c1-4-14-13(11-16(19)20-3)15(5-2)18(17-14)12-9-7-6-8-10-12/h12H,4-11H2,1-3H3. The first-order valence-electron chi connectivity index (χ1n) is 7.87. The second-order valence-electron chi connectivity index (χ2n) is 5.57. The van der Waals surface area contributed by atoms with Crippen LogP contribution >= 0.6 is 0 Å². The van der Waals surface area contributed by atoms with E-state index in [0.717, 1.165) is 24.1 Å². The second kappa shape index (κ2) is 6.91. The van der Waals surface area contributed by atoms with E-state index in [2.05, 4.69) is 18.5 Å². The quantitative estimate of drug-likeness (QED) is 0.777. The lowest BCUT2D eigenvalue weighted by Crippen LogP contribution is -2.17. The Morgan fingerprint density at radius 3 is 2.50 bits per heavy atom. The van der Waals surface area contributed by atoms with Crippen LogP contribution in [0.2, 0.25) is 0 Å². The zero-order valence-electron chi connectivity index (χ0n) is 12.9. The van der Waals surface area contributed by atoms with Crippen molar-refractivity contribution in [1.82, 2.24) is 9.78 Å². The first kappa shape index (κ1) is 15.1. The van der Waals surface area contributed by atoms with Crippen LogP contribution < -0.4 is 0 Å². The van der Waals surface area contributed by atoms with Gasteiger partial charge in [-0.3, -0.25) is 9.48 Å². The molecule has 0 N–H and O–H groups in total. The van der Waals surface area contributed by atoms with Gasteiger partial charge in [0.15, 0.2) is 0 Å². The lowest BCUT2D eigenvalue weighted by atomic mass is 9.95. The van der Waals surface area contributed by atoms with Gasteiger partial charge in [-0.1, -0.05) is 33.1 Å². The van der Waals surface area contributed by atoms with E-state index in [1.807, 2.05) is 0 Å².